The number of carbonyl (C=O) groups excluding carboxylic acids is 1. The number of benzene rings is 1. The summed E-state index contributed by atoms with van der Waals surface area (Å²) in [6, 6.07) is 6.51. The zero-order valence-corrected chi connectivity index (χ0v) is 14.2. The first-order chi connectivity index (χ1) is 12.9. The lowest BCUT2D eigenvalue weighted by Crippen LogP contribution is -2.24. The van der Waals surface area contributed by atoms with E-state index in [1.165, 1.54) is 18.5 Å². The summed E-state index contributed by atoms with van der Waals surface area (Å²) in [5.41, 5.74) is 6.76. The molecule has 138 valence electrons. The molecule has 0 unspecified atom stereocenters. The van der Waals surface area contributed by atoms with Crippen molar-refractivity contribution in [2.75, 3.05) is 5.73 Å². The van der Waals surface area contributed by atoms with Gasteiger partial charge in [-0.2, -0.15) is 0 Å². The number of nitrogens with one attached hydrogen (secondary N) is 1. The van der Waals surface area contributed by atoms with Crippen molar-refractivity contribution in [2.45, 2.75) is 13.5 Å². The molecule has 0 bridgehead atoms. The second kappa shape index (κ2) is 7.73. The number of pyridine rings is 1. The fourth-order valence-corrected chi connectivity index (χ4v) is 2.28. The first-order valence-electron chi connectivity index (χ1n) is 7.88. The summed E-state index contributed by atoms with van der Waals surface area (Å²) in [5.74, 6) is -2.07. The largest absolute Gasteiger partial charge is 0.439 e. The summed E-state index contributed by atoms with van der Waals surface area (Å²) in [6.07, 6.45) is 2.83. The molecule has 0 aliphatic carbocycles. The van der Waals surface area contributed by atoms with Crippen molar-refractivity contribution in [1.29, 1.82) is 0 Å². The van der Waals surface area contributed by atoms with Crippen LogP contribution in [0.15, 0.2) is 42.7 Å². The van der Waals surface area contributed by atoms with Gasteiger partial charge in [-0.25, -0.2) is 23.7 Å². The topological polar surface area (TPSA) is 103 Å². The number of aryl methyl sites for hydroxylation is 1. The van der Waals surface area contributed by atoms with E-state index in [4.69, 9.17) is 10.5 Å². The molecule has 3 aromatic rings. The van der Waals surface area contributed by atoms with Crippen LogP contribution in [0.3, 0.4) is 0 Å². The third-order valence-corrected chi connectivity index (χ3v) is 3.64. The molecule has 0 radical (unpaired) electrons. The van der Waals surface area contributed by atoms with Crippen LogP contribution in [0.25, 0.3) is 0 Å². The van der Waals surface area contributed by atoms with E-state index in [0.29, 0.717) is 11.3 Å². The van der Waals surface area contributed by atoms with E-state index in [1.54, 1.807) is 19.1 Å². The van der Waals surface area contributed by atoms with Gasteiger partial charge in [0.25, 0.3) is 5.91 Å². The van der Waals surface area contributed by atoms with Crippen molar-refractivity contribution < 1.29 is 18.3 Å². The van der Waals surface area contributed by atoms with Gasteiger partial charge in [0.15, 0.2) is 11.6 Å². The smallest absolute Gasteiger partial charge is 0.254 e. The third kappa shape index (κ3) is 4.32. The maximum atomic E-state index is 13.3. The molecule has 7 nitrogen and oxygen atoms in total. The number of hydrogen-bond donors (Lipinski definition) is 2. The van der Waals surface area contributed by atoms with Gasteiger partial charge in [-0.05, 0) is 25.1 Å². The monoisotopic (exact) mass is 371 g/mol. The van der Waals surface area contributed by atoms with Crippen LogP contribution in [0.4, 0.5) is 14.7 Å². The Morgan fingerprint density at radius 1 is 1.22 bits per heavy atom. The Labute approximate surface area is 153 Å². The van der Waals surface area contributed by atoms with Gasteiger partial charge in [0, 0.05) is 30.6 Å². The average molecular weight is 371 g/mol. The molecule has 3 rings (SSSR count). The lowest BCUT2D eigenvalue weighted by Gasteiger charge is -2.11. The standard InChI is InChI=1S/C18H15F2N5O2/c1-10-13(9-24-18(21)25-10)16(26)23-8-11-3-2-6-22-17(11)27-12-4-5-14(19)15(20)7-12/h2-7,9H,8H2,1H3,(H,23,26)(H2,21,24,25). The first kappa shape index (κ1) is 18.2. The van der Waals surface area contributed by atoms with Crippen molar-refractivity contribution in [3.8, 4) is 11.6 Å². The van der Waals surface area contributed by atoms with Crippen LogP contribution >= 0.6 is 0 Å². The van der Waals surface area contributed by atoms with Crippen LogP contribution < -0.4 is 15.8 Å². The number of nitrogens with two attached hydrogens (primary N) is 1. The Balaban J connectivity index is 1.74. The maximum Gasteiger partial charge on any atom is 0.254 e. The van der Waals surface area contributed by atoms with Crippen LogP contribution in [-0.4, -0.2) is 20.9 Å². The summed E-state index contributed by atoms with van der Waals surface area (Å²) >= 11 is 0. The molecule has 0 atom stereocenters. The minimum absolute atomic E-state index is 0.0820. The summed E-state index contributed by atoms with van der Waals surface area (Å²) in [6.45, 7) is 1.74. The predicted molar refractivity (Wildman–Crippen MR) is 93.0 cm³/mol. The number of halogens is 2. The van der Waals surface area contributed by atoms with Crippen LogP contribution in [-0.2, 0) is 6.54 Å². The van der Waals surface area contributed by atoms with Gasteiger partial charge >= 0.3 is 0 Å². The summed E-state index contributed by atoms with van der Waals surface area (Å²) in [4.78, 5) is 24.1. The average Bonchev–Trinajstić information content (AvgIpc) is 2.64. The van der Waals surface area contributed by atoms with Crippen LogP contribution in [0.1, 0.15) is 21.6 Å². The SMILES string of the molecule is Cc1nc(N)ncc1C(=O)NCc1cccnc1Oc1ccc(F)c(F)c1. The maximum absolute atomic E-state index is 13.3. The number of nitrogen functional groups attached to an aromatic ring is 1. The molecule has 0 aliphatic heterocycles. The van der Waals surface area contributed by atoms with Gasteiger partial charge in [-0.3, -0.25) is 4.79 Å². The van der Waals surface area contributed by atoms with Crippen molar-refractivity contribution in [2.24, 2.45) is 0 Å². The van der Waals surface area contributed by atoms with Crippen molar-refractivity contribution in [3.05, 3.63) is 71.2 Å². The zero-order valence-electron chi connectivity index (χ0n) is 14.2. The normalized spacial score (nSPS) is 10.5. The second-order valence-corrected chi connectivity index (χ2v) is 5.56. The Morgan fingerprint density at radius 2 is 2.04 bits per heavy atom. The molecular weight excluding hydrogens is 356 g/mol. The van der Waals surface area contributed by atoms with Gasteiger partial charge in [0.2, 0.25) is 11.8 Å². The summed E-state index contributed by atoms with van der Waals surface area (Å²) in [7, 11) is 0. The first-order valence-corrected chi connectivity index (χ1v) is 7.88. The highest BCUT2D eigenvalue weighted by atomic mass is 19.2. The lowest BCUT2D eigenvalue weighted by molar-refractivity contribution is 0.0949. The zero-order chi connectivity index (χ0) is 19.4. The number of amides is 1. The molecule has 3 N–H and O–H groups in total. The molecule has 0 fully saturated rings. The molecule has 0 aliphatic rings. The number of nitrogens with zero attached hydrogens (tertiary/aromatic N) is 3. The highest BCUT2D eigenvalue weighted by Gasteiger charge is 2.13. The Bertz CT molecular complexity index is 997. The molecule has 2 heterocycles. The van der Waals surface area contributed by atoms with E-state index >= 15 is 0 Å². The number of rotatable bonds is 5. The fourth-order valence-electron chi connectivity index (χ4n) is 2.28. The van der Waals surface area contributed by atoms with E-state index in [9.17, 15) is 13.6 Å². The minimum atomic E-state index is -1.03. The van der Waals surface area contributed by atoms with Gasteiger partial charge in [-0.15, -0.1) is 0 Å². The van der Waals surface area contributed by atoms with E-state index in [1.807, 2.05) is 0 Å². The Hall–Kier alpha value is -3.62. The summed E-state index contributed by atoms with van der Waals surface area (Å²) in [5, 5.41) is 2.71. The van der Waals surface area contributed by atoms with Crippen LogP contribution in [0, 0.1) is 18.6 Å². The van der Waals surface area contributed by atoms with Gasteiger partial charge in [0.1, 0.15) is 5.75 Å². The lowest BCUT2D eigenvalue weighted by atomic mass is 10.2. The molecule has 27 heavy (non-hydrogen) atoms. The molecule has 0 spiro atoms. The number of anilines is 1. The van der Waals surface area contributed by atoms with Crippen molar-refractivity contribution >= 4 is 11.9 Å². The number of ether oxygens (including phenoxy) is 1. The van der Waals surface area contributed by atoms with Gasteiger partial charge in [-0.1, -0.05) is 6.07 Å². The van der Waals surface area contributed by atoms with Crippen molar-refractivity contribution in [1.82, 2.24) is 20.3 Å². The van der Waals surface area contributed by atoms with Gasteiger partial charge < -0.3 is 15.8 Å². The molecule has 0 saturated heterocycles. The predicted octanol–water partition coefficient (Wildman–Crippen LogP) is 2.76. The number of carbonyl (C=O) groups is 1. The molecule has 1 aromatic carbocycles. The van der Waals surface area contributed by atoms with Crippen molar-refractivity contribution in [3.63, 3.8) is 0 Å². The van der Waals surface area contributed by atoms with E-state index in [0.717, 1.165) is 12.1 Å². The highest BCUT2D eigenvalue weighted by molar-refractivity contribution is 5.94. The van der Waals surface area contributed by atoms with Crippen LogP contribution in [0.2, 0.25) is 0 Å². The minimum Gasteiger partial charge on any atom is -0.439 e. The molecule has 2 aromatic heterocycles. The number of hydrogen-bond acceptors (Lipinski definition) is 6. The molecular formula is C18H15F2N5O2. The van der Waals surface area contributed by atoms with Crippen LogP contribution in [0.5, 0.6) is 11.6 Å². The summed E-state index contributed by atoms with van der Waals surface area (Å²) < 4.78 is 31.9. The van der Waals surface area contributed by atoms with E-state index < -0.39 is 17.5 Å². The molecule has 0 saturated carbocycles. The fraction of sp³-hybridized carbons (Fsp3) is 0.111. The quantitative estimate of drug-likeness (QED) is 0.715. The van der Waals surface area contributed by atoms with Gasteiger partial charge in [0.05, 0.1) is 11.3 Å². The molecule has 9 heteroatoms. The Kier molecular flexibility index (Phi) is 5.20. The van der Waals surface area contributed by atoms with E-state index in [2.05, 4.69) is 20.3 Å². The Morgan fingerprint density at radius 3 is 2.78 bits per heavy atom. The highest BCUT2D eigenvalue weighted by Crippen LogP contribution is 2.24. The molecule has 1 amide bonds. The number of aromatic nitrogens is 3. The second-order valence-electron chi connectivity index (χ2n) is 5.56. The van der Waals surface area contributed by atoms with E-state index in [-0.39, 0.29) is 29.7 Å². The third-order valence-electron chi connectivity index (χ3n) is 3.64.